The third-order valence-corrected chi connectivity index (χ3v) is 12.6. The SMILES string of the molecule is CSSS(C)(C)SC. The van der Waals surface area contributed by atoms with E-state index in [2.05, 4.69) is 25.0 Å². The van der Waals surface area contributed by atoms with Crippen molar-refractivity contribution in [1.82, 2.24) is 0 Å². The Labute approximate surface area is 64.5 Å². The molecule has 0 aliphatic rings. The normalized spacial score (nSPS) is 14.0. The first-order chi connectivity index (χ1) is 3.62. The maximum atomic E-state index is 2.32. The maximum Gasteiger partial charge on any atom is -0.00712 e. The van der Waals surface area contributed by atoms with Crippen LogP contribution in [0, 0.1) is 0 Å². The summed E-state index contributed by atoms with van der Waals surface area (Å²) in [6.45, 7) is 0. The van der Waals surface area contributed by atoms with E-state index in [4.69, 9.17) is 0 Å². The van der Waals surface area contributed by atoms with Gasteiger partial charge in [-0.2, -0.15) is 0 Å². The Hall–Kier alpha value is 1.40. The minimum atomic E-state index is -0.373. The van der Waals surface area contributed by atoms with E-state index in [9.17, 15) is 0 Å². The van der Waals surface area contributed by atoms with Gasteiger partial charge < -0.3 is 0 Å². The molecule has 0 radical (unpaired) electrons. The first kappa shape index (κ1) is 9.40. The van der Waals surface area contributed by atoms with Gasteiger partial charge in [-0.3, -0.25) is 0 Å². The molecule has 0 aliphatic carbocycles. The van der Waals surface area contributed by atoms with E-state index in [1.54, 1.807) is 0 Å². The molecule has 0 aliphatic heterocycles. The Kier molecular flexibility index (Phi) is 5.00. The van der Waals surface area contributed by atoms with Crippen molar-refractivity contribution in [2.45, 2.75) is 0 Å². The van der Waals surface area contributed by atoms with Gasteiger partial charge in [-0.15, -0.1) is 18.9 Å². The quantitative estimate of drug-likeness (QED) is 0.624. The molecule has 0 aromatic rings. The molecule has 0 saturated heterocycles. The Balaban J connectivity index is 3.37. The highest BCUT2D eigenvalue weighted by Crippen LogP contribution is 2.66. The summed E-state index contributed by atoms with van der Waals surface area (Å²) in [5.41, 5.74) is 0. The third-order valence-electron chi connectivity index (χ3n) is 0.633. The van der Waals surface area contributed by atoms with Crippen LogP contribution in [0.1, 0.15) is 0 Å². The predicted octanol–water partition coefficient (Wildman–Crippen LogP) is 3.25. The summed E-state index contributed by atoms with van der Waals surface area (Å²) in [5.74, 6) is 0. The second kappa shape index (κ2) is 4.25. The van der Waals surface area contributed by atoms with Crippen LogP contribution in [-0.2, 0) is 0 Å². The lowest BCUT2D eigenvalue weighted by atomic mass is 11.9. The third kappa shape index (κ3) is 4.30. The Morgan fingerprint density at radius 2 is 1.62 bits per heavy atom. The minimum Gasteiger partial charge on any atom is -0.140 e. The van der Waals surface area contributed by atoms with Crippen LogP contribution in [0.25, 0.3) is 0 Å². The van der Waals surface area contributed by atoms with Crippen molar-refractivity contribution in [2.24, 2.45) is 0 Å². The second-order valence-electron chi connectivity index (χ2n) is 1.54. The van der Waals surface area contributed by atoms with Gasteiger partial charge >= 0.3 is 0 Å². The van der Waals surface area contributed by atoms with Gasteiger partial charge in [0.1, 0.15) is 0 Å². The monoisotopic (exact) mass is 188 g/mol. The molecule has 0 amide bonds. The summed E-state index contributed by atoms with van der Waals surface area (Å²) >= 11 is 0. The fourth-order valence-electron chi connectivity index (χ4n) is 0.192. The lowest BCUT2D eigenvalue weighted by Gasteiger charge is -2.24. The average molecular weight is 188 g/mol. The van der Waals surface area contributed by atoms with Gasteiger partial charge in [0.25, 0.3) is 0 Å². The van der Waals surface area contributed by atoms with Crippen LogP contribution in [0.3, 0.4) is 0 Å². The number of hydrogen-bond donors (Lipinski definition) is 0. The first-order valence-electron chi connectivity index (χ1n) is 2.13. The van der Waals surface area contributed by atoms with E-state index in [0.717, 1.165) is 0 Å². The molecule has 0 N–H and O–H groups in total. The molecule has 0 unspecified atom stereocenters. The molecular weight excluding hydrogens is 176 g/mol. The fraction of sp³-hybridized carbons (Fsp3) is 1.00. The first-order valence-corrected chi connectivity index (χ1v) is 9.40. The second-order valence-corrected chi connectivity index (χ2v) is 13.9. The van der Waals surface area contributed by atoms with Crippen LogP contribution in [0.4, 0.5) is 0 Å². The lowest BCUT2D eigenvalue weighted by Crippen LogP contribution is -1.75. The molecule has 0 bridgehead atoms. The summed E-state index contributed by atoms with van der Waals surface area (Å²) in [5, 5.41) is 0. The zero-order valence-electron chi connectivity index (χ0n) is 5.63. The van der Waals surface area contributed by atoms with Crippen LogP contribution in [0.15, 0.2) is 0 Å². The van der Waals surface area contributed by atoms with Crippen molar-refractivity contribution in [3.63, 3.8) is 0 Å². The zero-order chi connectivity index (χ0) is 6.62. The summed E-state index contributed by atoms with van der Waals surface area (Å²) < 4.78 is 0. The summed E-state index contributed by atoms with van der Waals surface area (Å²) in [7, 11) is 5.47. The van der Waals surface area contributed by atoms with Gasteiger partial charge in [-0.25, -0.2) is 0 Å². The van der Waals surface area contributed by atoms with Crippen molar-refractivity contribution < 1.29 is 0 Å². The van der Waals surface area contributed by atoms with Crippen LogP contribution in [0.2, 0.25) is 0 Å². The highest BCUT2D eigenvalue weighted by molar-refractivity contribution is 9.37. The maximum absolute atomic E-state index is 2.32. The van der Waals surface area contributed by atoms with Crippen molar-refractivity contribution in [3.8, 4) is 0 Å². The fourth-order valence-corrected chi connectivity index (χ4v) is 8.17. The number of hydrogen-bond acceptors (Lipinski definition) is 3. The highest BCUT2D eigenvalue weighted by Gasteiger charge is 2.07. The highest BCUT2D eigenvalue weighted by atomic mass is 33.7. The Morgan fingerprint density at radius 3 is 1.75 bits per heavy atom. The zero-order valence-corrected chi connectivity index (χ0v) is 8.90. The van der Waals surface area contributed by atoms with Crippen molar-refractivity contribution in [2.75, 3.05) is 25.0 Å². The molecule has 4 heteroatoms. The molecule has 0 atom stereocenters. The van der Waals surface area contributed by atoms with Crippen molar-refractivity contribution in [3.05, 3.63) is 0 Å². The topological polar surface area (TPSA) is 0 Å². The Morgan fingerprint density at radius 1 is 1.12 bits per heavy atom. The molecule has 8 heavy (non-hydrogen) atoms. The summed E-state index contributed by atoms with van der Waals surface area (Å²) in [6.07, 6.45) is 8.95. The van der Waals surface area contributed by atoms with E-state index in [0.29, 0.717) is 0 Å². The van der Waals surface area contributed by atoms with E-state index in [1.807, 2.05) is 31.4 Å². The van der Waals surface area contributed by atoms with Crippen LogP contribution in [-0.4, -0.2) is 25.0 Å². The molecule has 0 fully saturated rings. The van der Waals surface area contributed by atoms with Gasteiger partial charge in [-0.1, -0.05) is 10.8 Å². The smallest absolute Gasteiger partial charge is 0.00712 e. The lowest BCUT2D eigenvalue weighted by molar-refractivity contribution is 2.33. The molecule has 0 aromatic heterocycles. The van der Waals surface area contributed by atoms with Gasteiger partial charge in [0.05, 0.1) is 0 Å². The molecule has 0 rings (SSSR count). The van der Waals surface area contributed by atoms with E-state index in [-0.39, 0.29) is 8.09 Å². The number of rotatable bonds is 3. The summed E-state index contributed by atoms with van der Waals surface area (Å²) in [4.78, 5) is 0. The van der Waals surface area contributed by atoms with Crippen LogP contribution in [0.5, 0.6) is 0 Å². The molecule has 0 heterocycles. The van der Waals surface area contributed by atoms with E-state index < -0.39 is 0 Å². The summed E-state index contributed by atoms with van der Waals surface area (Å²) in [6, 6.07) is 0. The van der Waals surface area contributed by atoms with Crippen molar-refractivity contribution in [1.29, 1.82) is 0 Å². The van der Waals surface area contributed by atoms with E-state index >= 15 is 0 Å². The molecule has 0 spiro atoms. The van der Waals surface area contributed by atoms with Crippen LogP contribution >= 0.6 is 39.5 Å². The van der Waals surface area contributed by atoms with E-state index in [1.165, 1.54) is 0 Å². The molecule has 0 saturated carbocycles. The molecular formula is C4H12S4. The average Bonchev–Trinajstić information content (AvgIpc) is 1.67. The standard InChI is InChI=1S/C4H12S4/c1-5-7-8(3,4)6-2/h1-4H3. The van der Waals surface area contributed by atoms with Gasteiger partial charge in [-0.05, 0) is 34.8 Å². The van der Waals surface area contributed by atoms with Gasteiger partial charge in [0.15, 0.2) is 0 Å². The predicted molar refractivity (Wildman–Crippen MR) is 54.1 cm³/mol. The molecule has 52 valence electrons. The minimum absolute atomic E-state index is 0.373. The van der Waals surface area contributed by atoms with Gasteiger partial charge in [0.2, 0.25) is 0 Å². The Bertz CT molecular complexity index is 61.1. The molecule has 0 nitrogen and oxygen atoms in total. The largest absolute Gasteiger partial charge is 0.140 e. The van der Waals surface area contributed by atoms with Gasteiger partial charge in [0, 0.05) is 0 Å². The van der Waals surface area contributed by atoms with Crippen molar-refractivity contribution >= 4 is 39.5 Å². The molecule has 0 aromatic carbocycles. The van der Waals surface area contributed by atoms with Crippen LogP contribution < -0.4 is 0 Å².